The Bertz CT molecular complexity index is 311. The molecule has 1 aromatic carbocycles. The van der Waals surface area contributed by atoms with E-state index in [0.29, 0.717) is 6.61 Å². The number of hydrogen-bond donors (Lipinski definition) is 1. The molecule has 1 N–H and O–H groups in total. The van der Waals surface area contributed by atoms with Crippen molar-refractivity contribution in [3.8, 4) is 0 Å². The van der Waals surface area contributed by atoms with Crippen molar-refractivity contribution >= 4 is 0 Å². The van der Waals surface area contributed by atoms with Gasteiger partial charge in [0.2, 0.25) is 0 Å². The van der Waals surface area contributed by atoms with Crippen molar-refractivity contribution < 1.29 is 14.6 Å². The number of rotatable bonds is 8. The number of hydrogen-bond acceptors (Lipinski definition) is 3. The van der Waals surface area contributed by atoms with E-state index in [4.69, 9.17) is 9.47 Å². The average Bonchev–Trinajstić information content (AvgIpc) is 2.39. The van der Waals surface area contributed by atoms with Crippen LogP contribution in [-0.4, -0.2) is 25.6 Å². The molecular weight excluding hydrogens is 216 g/mol. The molecule has 0 fully saturated rings. The zero-order chi connectivity index (χ0) is 12.5. The molecule has 0 amide bonds. The molecule has 0 aliphatic carbocycles. The van der Waals surface area contributed by atoms with Crippen LogP contribution in [0.3, 0.4) is 0 Å². The van der Waals surface area contributed by atoms with Crippen LogP contribution in [0, 0.1) is 5.92 Å². The molecule has 1 rings (SSSR count). The molecule has 0 aliphatic rings. The van der Waals surface area contributed by atoms with Gasteiger partial charge in [0.05, 0.1) is 12.7 Å². The first-order valence-corrected chi connectivity index (χ1v) is 5.71. The summed E-state index contributed by atoms with van der Waals surface area (Å²) in [5.74, 6) is -0.00532. The van der Waals surface area contributed by atoms with Crippen molar-refractivity contribution in [2.75, 3.05) is 20.5 Å². The summed E-state index contributed by atoms with van der Waals surface area (Å²) in [6.45, 7) is 4.59. The first-order valence-electron chi connectivity index (χ1n) is 5.71. The van der Waals surface area contributed by atoms with E-state index < -0.39 is 6.10 Å². The van der Waals surface area contributed by atoms with Crippen LogP contribution in [0.25, 0.3) is 0 Å². The summed E-state index contributed by atoms with van der Waals surface area (Å²) >= 11 is 0. The molecule has 0 heterocycles. The highest BCUT2D eigenvalue weighted by Gasteiger charge is 2.17. The third-order valence-corrected chi connectivity index (χ3v) is 2.65. The van der Waals surface area contributed by atoms with Crippen molar-refractivity contribution in [2.24, 2.45) is 5.92 Å². The third kappa shape index (κ3) is 4.69. The van der Waals surface area contributed by atoms with Crippen molar-refractivity contribution in [3.05, 3.63) is 48.6 Å². The predicted octanol–water partition coefficient (Wildman–Crippen LogP) is 2.53. The second kappa shape index (κ2) is 8.01. The van der Waals surface area contributed by atoms with Gasteiger partial charge in [0.1, 0.15) is 6.79 Å². The van der Waals surface area contributed by atoms with Crippen molar-refractivity contribution in [1.82, 2.24) is 0 Å². The Hall–Kier alpha value is -1.16. The third-order valence-electron chi connectivity index (χ3n) is 2.65. The average molecular weight is 236 g/mol. The first-order chi connectivity index (χ1) is 8.29. The zero-order valence-electron chi connectivity index (χ0n) is 10.2. The van der Waals surface area contributed by atoms with Gasteiger partial charge in [0.15, 0.2) is 0 Å². The maximum atomic E-state index is 10.2. The minimum Gasteiger partial charge on any atom is -0.388 e. The molecule has 0 aliphatic heterocycles. The maximum Gasteiger partial charge on any atom is 0.146 e. The molecule has 0 radical (unpaired) electrons. The molecule has 2 atom stereocenters. The highest BCUT2D eigenvalue weighted by atomic mass is 16.7. The zero-order valence-corrected chi connectivity index (χ0v) is 10.2. The second-order valence-electron chi connectivity index (χ2n) is 3.86. The molecule has 3 nitrogen and oxygen atoms in total. The summed E-state index contributed by atoms with van der Waals surface area (Å²) in [7, 11) is 1.59. The van der Waals surface area contributed by atoms with Crippen LogP contribution in [0.15, 0.2) is 43.0 Å². The molecule has 0 saturated carbocycles. The topological polar surface area (TPSA) is 38.7 Å². The largest absolute Gasteiger partial charge is 0.388 e. The monoisotopic (exact) mass is 236 g/mol. The van der Waals surface area contributed by atoms with Gasteiger partial charge in [-0.25, -0.2) is 0 Å². The van der Waals surface area contributed by atoms with Crippen molar-refractivity contribution in [1.29, 1.82) is 0 Å². The number of benzene rings is 1. The maximum absolute atomic E-state index is 10.2. The van der Waals surface area contributed by atoms with E-state index in [-0.39, 0.29) is 12.7 Å². The fraction of sp³-hybridized carbons (Fsp3) is 0.429. The normalized spacial score (nSPS) is 14.2. The number of aliphatic hydroxyl groups excluding tert-OH is 1. The molecule has 0 unspecified atom stereocenters. The highest BCUT2D eigenvalue weighted by Crippen LogP contribution is 2.25. The Morgan fingerprint density at radius 1 is 1.35 bits per heavy atom. The van der Waals surface area contributed by atoms with Gasteiger partial charge >= 0.3 is 0 Å². The van der Waals surface area contributed by atoms with Gasteiger partial charge in [-0.05, 0) is 12.0 Å². The van der Waals surface area contributed by atoms with E-state index in [0.717, 1.165) is 12.0 Å². The van der Waals surface area contributed by atoms with Crippen LogP contribution in [0.1, 0.15) is 18.1 Å². The molecule has 0 spiro atoms. The van der Waals surface area contributed by atoms with E-state index >= 15 is 0 Å². The van der Waals surface area contributed by atoms with Gasteiger partial charge in [-0.3, -0.25) is 0 Å². The summed E-state index contributed by atoms with van der Waals surface area (Å²) in [4.78, 5) is 0. The van der Waals surface area contributed by atoms with Crippen LogP contribution in [0.2, 0.25) is 0 Å². The second-order valence-corrected chi connectivity index (χ2v) is 3.86. The van der Waals surface area contributed by atoms with Crippen LogP contribution in [0.4, 0.5) is 0 Å². The van der Waals surface area contributed by atoms with Gasteiger partial charge in [0.25, 0.3) is 0 Å². The number of ether oxygens (including phenoxy) is 2. The highest BCUT2D eigenvalue weighted by molar-refractivity contribution is 5.19. The van der Waals surface area contributed by atoms with Gasteiger partial charge < -0.3 is 14.6 Å². The fourth-order valence-corrected chi connectivity index (χ4v) is 1.66. The minimum absolute atomic E-state index is 0.00532. The molecule has 17 heavy (non-hydrogen) atoms. The summed E-state index contributed by atoms with van der Waals surface area (Å²) in [6, 6.07) is 9.59. The summed E-state index contributed by atoms with van der Waals surface area (Å²) in [5, 5.41) is 10.2. The lowest BCUT2D eigenvalue weighted by Crippen LogP contribution is -2.13. The Kier molecular flexibility index (Phi) is 6.55. The number of aliphatic hydroxyl groups is 1. The SMILES string of the molecule is C=C[C@@H](CCOCOC)[C@H](O)c1ccccc1. The Morgan fingerprint density at radius 3 is 2.65 bits per heavy atom. The lowest BCUT2D eigenvalue weighted by molar-refractivity contribution is -0.0374. The van der Waals surface area contributed by atoms with Crippen LogP contribution in [-0.2, 0) is 9.47 Å². The van der Waals surface area contributed by atoms with Crippen LogP contribution in [0.5, 0.6) is 0 Å². The van der Waals surface area contributed by atoms with Crippen LogP contribution < -0.4 is 0 Å². The van der Waals surface area contributed by atoms with E-state index in [1.54, 1.807) is 13.2 Å². The van der Waals surface area contributed by atoms with E-state index in [1.807, 2.05) is 30.3 Å². The molecule has 0 saturated heterocycles. The standard InChI is InChI=1S/C14H20O3/c1-3-12(9-10-17-11-16-2)14(15)13-7-5-4-6-8-13/h3-8,12,14-15H,1,9-11H2,2H3/t12-,14-/m0/s1. The van der Waals surface area contributed by atoms with Crippen molar-refractivity contribution in [3.63, 3.8) is 0 Å². The Balaban J connectivity index is 2.47. The molecule has 3 heteroatoms. The molecular formula is C14H20O3. The molecule has 0 aromatic heterocycles. The molecule has 1 aromatic rings. The van der Waals surface area contributed by atoms with Gasteiger partial charge in [0, 0.05) is 13.0 Å². The van der Waals surface area contributed by atoms with Gasteiger partial charge in [-0.1, -0.05) is 36.4 Å². The van der Waals surface area contributed by atoms with Crippen LogP contribution >= 0.6 is 0 Å². The summed E-state index contributed by atoms with van der Waals surface area (Å²) in [6.07, 6.45) is 1.97. The summed E-state index contributed by atoms with van der Waals surface area (Å²) < 4.78 is 10.0. The Morgan fingerprint density at radius 2 is 2.06 bits per heavy atom. The van der Waals surface area contributed by atoms with Crippen molar-refractivity contribution in [2.45, 2.75) is 12.5 Å². The molecule has 0 bridgehead atoms. The first kappa shape index (κ1) is 13.9. The fourth-order valence-electron chi connectivity index (χ4n) is 1.66. The van der Waals surface area contributed by atoms with E-state index in [1.165, 1.54) is 0 Å². The van der Waals surface area contributed by atoms with E-state index in [9.17, 15) is 5.11 Å². The lowest BCUT2D eigenvalue weighted by atomic mass is 9.93. The smallest absolute Gasteiger partial charge is 0.146 e. The van der Waals surface area contributed by atoms with Gasteiger partial charge in [-0.2, -0.15) is 0 Å². The minimum atomic E-state index is -0.528. The van der Waals surface area contributed by atoms with Gasteiger partial charge in [-0.15, -0.1) is 6.58 Å². The summed E-state index contributed by atoms with van der Waals surface area (Å²) in [5.41, 5.74) is 0.907. The predicted molar refractivity (Wildman–Crippen MR) is 67.5 cm³/mol. The lowest BCUT2D eigenvalue weighted by Gasteiger charge is -2.19. The Labute approximate surface area is 103 Å². The quantitative estimate of drug-likeness (QED) is 0.428. The molecule has 94 valence electrons. The number of methoxy groups -OCH3 is 1. The van der Waals surface area contributed by atoms with E-state index in [2.05, 4.69) is 6.58 Å².